The minimum atomic E-state index is -0.758. The summed E-state index contributed by atoms with van der Waals surface area (Å²) in [4.78, 5) is 16.9. The second-order valence-electron chi connectivity index (χ2n) is 4.75. The van der Waals surface area contributed by atoms with E-state index in [1.54, 1.807) is 6.26 Å². The predicted molar refractivity (Wildman–Crippen MR) is 75.1 cm³/mol. The second kappa shape index (κ2) is 6.86. The largest absolute Gasteiger partial charge is 0.481 e. The van der Waals surface area contributed by atoms with Crippen LogP contribution in [0.15, 0.2) is 41.0 Å². The molecule has 0 saturated carbocycles. The molecular weight excluding hydrogens is 256 g/mol. The fourth-order valence-corrected chi connectivity index (χ4v) is 1.95. The Balaban J connectivity index is 1.88. The van der Waals surface area contributed by atoms with Crippen LogP contribution in [0.4, 0.5) is 0 Å². The monoisotopic (exact) mass is 274 g/mol. The Hall–Kier alpha value is -2.14. The molecule has 0 radical (unpaired) electrons. The van der Waals surface area contributed by atoms with Gasteiger partial charge >= 0.3 is 5.97 Å². The van der Waals surface area contributed by atoms with E-state index in [1.165, 1.54) is 0 Å². The lowest BCUT2D eigenvalue weighted by molar-refractivity contribution is -0.137. The van der Waals surface area contributed by atoms with Gasteiger partial charge in [-0.05, 0) is 32.1 Å². The first-order valence-corrected chi connectivity index (χ1v) is 6.55. The number of rotatable bonds is 7. The van der Waals surface area contributed by atoms with E-state index >= 15 is 0 Å². The molecule has 2 aromatic rings. The van der Waals surface area contributed by atoms with Gasteiger partial charge in [0.2, 0.25) is 5.89 Å². The average molecular weight is 274 g/mol. The highest BCUT2D eigenvalue weighted by Crippen LogP contribution is 2.18. The summed E-state index contributed by atoms with van der Waals surface area (Å²) in [6, 6.07) is 9.73. The van der Waals surface area contributed by atoms with Gasteiger partial charge in [0.15, 0.2) is 0 Å². The van der Waals surface area contributed by atoms with Crippen molar-refractivity contribution in [1.29, 1.82) is 0 Å². The molecule has 0 aliphatic carbocycles. The van der Waals surface area contributed by atoms with Gasteiger partial charge in [0.1, 0.15) is 6.26 Å². The van der Waals surface area contributed by atoms with Crippen LogP contribution < -0.4 is 0 Å². The van der Waals surface area contributed by atoms with E-state index < -0.39 is 5.97 Å². The number of hydrogen-bond acceptors (Lipinski definition) is 4. The molecule has 5 heteroatoms. The quantitative estimate of drug-likeness (QED) is 0.840. The molecule has 0 fully saturated rings. The summed E-state index contributed by atoms with van der Waals surface area (Å²) < 4.78 is 5.46. The Morgan fingerprint density at radius 2 is 2.10 bits per heavy atom. The molecule has 0 aliphatic rings. The fraction of sp³-hybridized carbons (Fsp3) is 0.333. The number of carboxylic acid groups (broad SMARTS) is 1. The van der Waals surface area contributed by atoms with E-state index in [0.29, 0.717) is 18.9 Å². The first-order valence-electron chi connectivity index (χ1n) is 6.55. The van der Waals surface area contributed by atoms with Gasteiger partial charge in [0, 0.05) is 18.5 Å². The van der Waals surface area contributed by atoms with Crippen molar-refractivity contribution < 1.29 is 14.3 Å². The lowest BCUT2D eigenvalue weighted by Crippen LogP contribution is -2.20. The van der Waals surface area contributed by atoms with Crippen LogP contribution in [0.2, 0.25) is 0 Å². The van der Waals surface area contributed by atoms with Crippen LogP contribution >= 0.6 is 0 Å². The topological polar surface area (TPSA) is 66.6 Å². The van der Waals surface area contributed by atoms with E-state index in [-0.39, 0.29) is 6.42 Å². The molecular formula is C15H18N2O3. The summed E-state index contributed by atoms with van der Waals surface area (Å²) in [7, 11) is 1.94. The van der Waals surface area contributed by atoms with Crippen LogP contribution in [-0.4, -0.2) is 34.6 Å². The molecule has 0 aliphatic heterocycles. The smallest absolute Gasteiger partial charge is 0.303 e. The zero-order chi connectivity index (χ0) is 14.4. The van der Waals surface area contributed by atoms with Crippen molar-refractivity contribution in [2.24, 2.45) is 0 Å². The number of carboxylic acids is 1. The van der Waals surface area contributed by atoms with Gasteiger partial charge in [0.25, 0.3) is 0 Å². The van der Waals surface area contributed by atoms with Gasteiger partial charge in [-0.15, -0.1) is 0 Å². The first-order chi connectivity index (χ1) is 9.65. The third-order valence-electron chi connectivity index (χ3n) is 2.93. The van der Waals surface area contributed by atoms with Gasteiger partial charge in [-0.25, -0.2) is 4.98 Å². The number of nitrogens with zero attached hydrogens (tertiary/aromatic N) is 2. The number of benzene rings is 1. The molecule has 0 bridgehead atoms. The van der Waals surface area contributed by atoms with Gasteiger partial charge < -0.3 is 14.4 Å². The zero-order valence-corrected chi connectivity index (χ0v) is 11.5. The highest BCUT2D eigenvalue weighted by molar-refractivity contribution is 5.66. The Labute approximate surface area is 117 Å². The number of oxazole rings is 1. The minimum absolute atomic E-state index is 0.193. The normalized spacial score (nSPS) is 10.9. The molecule has 1 aromatic heterocycles. The lowest BCUT2D eigenvalue weighted by Gasteiger charge is -2.13. The minimum Gasteiger partial charge on any atom is -0.481 e. The van der Waals surface area contributed by atoms with Crippen molar-refractivity contribution >= 4 is 5.97 Å². The molecule has 20 heavy (non-hydrogen) atoms. The predicted octanol–water partition coefficient (Wildman–Crippen LogP) is 2.64. The molecule has 0 saturated heterocycles. The number of hydrogen-bond donors (Lipinski definition) is 1. The standard InChI is InChI=1S/C15H18N2O3/c1-17(9-5-8-14(18)19)10-13-11-20-15(16-13)12-6-3-2-4-7-12/h2-4,6-7,11H,5,8-10H2,1H3,(H,18,19). The van der Waals surface area contributed by atoms with Gasteiger partial charge in [-0.2, -0.15) is 0 Å². The van der Waals surface area contributed by atoms with Crippen molar-refractivity contribution in [1.82, 2.24) is 9.88 Å². The Bertz CT molecular complexity index is 551. The van der Waals surface area contributed by atoms with E-state index in [1.807, 2.05) is 42.3 Å². The third-order valence-corrected chi connectivity index (χ3v) is 2.93. The van der Waals surface area contributed by atoms with E-state index in [2.05, 4.69) is 4.98 Å². The average Bonchev–Trinajstić information content (AvgIpc) is 2.88. The maximum Gasteiger partial charge on any atom is 0.303 e. The summed E-state index contributed by atoms with van der Waals surface area (Å²) in [5, 5.41) is 8.60. The fourth-order valence-electron chi connectivity index (χ4n) is 1.95. The Morgan fingerprint density at radius 3 is 2.80 bits per heavy atom. The van der Waals surface area contributed by atoms with Crippen molar-refractivity contribution in [2.45, 2.75) is 19.4 Å². The number of aliphatic carboxylic acids is 1. The van der Waals surface area contributed by atoms with Gasteiger partial charge in [-0.3, -0.25) is 4.79 Å². The Kier molecular flexibility index (Phi) is 4.90. The van der Waals surface area contributed by atoms with E-state index in [0.717, 1.165) is 17.8 Å². The van der Waals surface area contributed by atoms with Crippen molar-refractivity contribution in [3.63, 3.8) is 0 Å². The van der Waals surface area contributed by atoms with Crippen LogP contribution in [0.3, 0.4) is 0 Å². The molecule has 1 N–H and O–H groups in total. The SMILES string of the molecule is CN(CCCC(=O)O)Cc1coc(-c2ccccc2)n1. The molecule has 0 spiro atoms. The van der Waals surface area contributed by atoms with Crippen LogP contribution in [0.5, 0.6) is 0 Å². The maximum absolute atomic E-state index is 10.5. The third kappa shape index (κ3) is 4.20. The van der Waals surface area contributed by atoms with Gasteiger partial charge in [-0.1, -0.05) is 18.2 Å². The van der Waals surface area contributed by atoms with Gasteiger partial charge in [0.05, 0.1) is 5.69 Å². The summed E-state index contributed by atoms with van der Waals surface area (Å²) >= 11 is 0. The van der Waals surface area contributed by atoms with Crippen molar-refractivity contribution in [3.8, 4) is 11.5 Å². The Morgan fingerprint density at radius 1 is 1.35 bits per heavy atom. The molecule has 0 atom stereocenters. The number of carbonyl (C=O) groups is 1. The van der Waals surface area contributed by atoms with Crippen LogP contribution in [0, 0.1) is 0 Å². The highest BCUT2D eigenvalue weighted by atomic mass is 16.4. The van der Waals surface area contributed by atoms with E-state index in [4.69, 9.17) is 9.52 Å². The van der Waals surface area contributed by atoms with Crippen LogP contribution in [0.1, 0.15) is 18.5 Å². The summed E-state index contributed by atoms with van der Waals surface area (Å²) in [5.41, 5.74) is 1.80. The highest BCUT2D eigenvalue weighted by Gasteiger charge is 2.08. The zero-order valence-electron chi connectivity index (χ0n) is 11.5. The molecule has 0 unspecified atom stereocenters. The second-order valence-corrected chi connectivity index (χ2v) is 4.75. The summed E-state index contributed by atoms with van der Waals surface area (Å²) in [6.07, 6.45) is 2.48. The molecule has 1 heterocycles. The van der Waals surface area contributed by atoms with Crippen molar-refractivity contribution in [2.75, 3.05) is 13.6 Å². The maximum atomic E-state index is 10.5. The molecule has 106 valence electrons. The molecule has 2 rings (SSSR count). The van der Waals surface area contributed by atoms with Crippen molar-refractivity contribution in [3.05, 3.63) is 42.3 Å². The van der Waals surface area contributed by atoms with Crippen LogP contribution in [0.25, 0.3) is 11.5 Å². The molecule has 5 nitrogen and oxygen atoms in total. The lowest BCUT2D eigenvalue weighted by atomic mass is 10.2. The van der Waals surface area contributed by atoms with E-state index in [9.17, 15) is 4.79 Å². The summed E-state index contributed by atoms with van der Waals surface area (Å²) in [6.45, 7) is 1.37. The molecule has 0 amide bonds. The summed E-state index contributed by atoms with van der Waals surface area (Å²) in [5.74, 6) is -0.147. The molecule has 1 aromatic carbocycles. The number of aromatic nitrogens is 1. The van der Waals surface area contributed by atoms with Crippen LogP contribution in [-0.2, 0) is 11.3 Å². The first kappa shape index (κ1) is 14.3.